The van der Waals surface area contributed by atoms with Gasteiger partial charge in [0.2, 0.25) is 11.7 Å². The molecule has 240 valence electrons. The number of aromatic nitrogens is 2. The van der Waals surface area contributed by atoms with E-state index in [0.29, 0.717) is 37.7 Å². The normalized spacial score (nSPS) is 16.0. The van der Waals surface area contributed by atoms with Crippen molar-refractivity contribution in [2.24, 2.45) is 18.7 Å². The van der Waals surface area contributed by atoms with Crippen LogP contribution in [-0.2, 0) is 11.8 Å². The zero-order valence-electron chi connectivity index (χ0n) is 25.6. The second-order valence-corrected chi connectivity index (χ2v) is 12.7. The van der Waals surface area contributed by atoms with Crippen LogP contribution in [0.1, 0.15) is 33.8 Å². The maximum absolute atomic E-state index is 14.7. The summed E-state index contributed by atoms with van der Waals surface area (Å²) >= 11 is 6.48. The maximum atomic E-state index is 14.7. The Hall–Kier alpha value is -4.07. The van der Waals surface area contributed by atoms with E-state index >= 15 is 0 Å². The van der Waals surface area contributed by atoms with Crippen LogP contribution in [0.25, 0.3) is 11.3 Å². The van der Waals surface area contributed by atoms with E-state index < -0.39 is 17.5 Å². The van der Waals surface area contributed by atoms with E-state index in [4.69, 9.17) is 22.1 Å². The van der Waals surface area contributed by atoms with Crippen LogP contribution in [-0.4, -0.2) is 102 Å². The number of carbonyl (C=O) groups excluding carboxylic acids is 3. The molecule has 2 saturated heterocycles. The fraction of sp³-hybridized carbons (Fsp3) is 0.419. The molecule has 2 aliphatic rings. The quantitative estimate of drug-likeness (QED) is 0.287. The van der Waals surface area contributed by atoms with Crippen molar-refractivity contribution in [3.05, 3.63) is 64.6 Å². The monoisotopic (exact) mass is 644 g/mol. The summed E-state index contributed by atoms with van der Waals surface area (Å²) in [6, 6.07) is 7.56. The van der Waals surface area contributed by atoms with Crippen LogP contribution in [0.2, 0.25) is 5.02 Å². The first kappa shape index (κ1) is 32.3. The van der Waals surface area contributed by atoms with Gasteiger partial charge in [0.25, 0.3) is 11.8 Å². The van der Waals surface area contributed by atoms with Crippen LogP contribution in [0.3, 0.4) is 0 Å². The van der Waals surface area contributed by atoms with Crippen LogP contribution in [0.5, 0.6) is 5.75 Å². The van der Waals surface area contributed by atoms with Crippen molar-refractivity contribution in [2.75, 3.05) is 59.4 Å². The summed E-state index contributed by atoms with van der Waals surface area (Å²) in [6.45, 7) is 2.11. The molecule has 45 heavy (non-hydrogen) atoms. The van der Waals surface area contributed by atoms with E-state index in [1.165, 1.54) is 42.1 Å². The van der Waals surface area contributed by atoms with E-state index in [2.05, 4.69) is 31.4 Å². The molecule has 2 fully saturated rings. The number of likely N-dealkylation sites (N-methyl/N-ethyl adjacent to an activating group) is 1. The Balaban J connectivity index is 1.19. The van der Waals surface area contributed by atoms with Crippen molar-refractivity contribution in [1.29, 1.82) is 0 Å². The fourth-order valence-corrected chi connectivity index (χ4v) is 5.90. The lowest BCUT2D eigenvalue weighted by atomic mass is 9.92. The number of likely N-dealkylation sites (tertiary alicyclic amines) is 2. The largest absolute Gasteiger partial charge is 0.475 e. The second-order valence-electron chi connectivity index (χ2n) is 12.3. The van der Waals surface area contributed by atoms with Gasteiger partial charge in [-0.1, -0.05) is 11.6 Å². The topological polar surface area (TPSA) is 123 Å². The summed E-state index contributed by atoms with van der Waals surface area (Å²) in [6.07, 6.45) is 2.44. The lowest BCUT2D eigenvalue weighted by molar-refractivity contribution is -0.900. The van der Waals surface area contributed by atoms with Crippen LogP contribution in [0.15, 0.2) is 36.5 Å². The minimum absolute atomic E-state index is 0.0630. The number of nitrogens with one attached hydrogen (secondary N) is 1. The summed E-state index contributed by atoms with van der Waals surface area (Å²) in [5, 5.41) is 2.83. The lowest BCUT2D eigenvalue weighted by Crippen LogP contribution is -2.66. The van der Waals surface area contributed by atoms with Gasteiger partial charge in [-0.15, -0.1) is 0 Å². The number of halogens is 3. The number of hydrogen-bond donors (Lipinski definition) is 2. The van der Waals surface area contributed by atoms with Crippen LogP contribution in [0, 0.1) is 17.6 Å². The Kier molecular flexibility index (Phi) is 9.15. The third kappa shape index (κ3) is 6.51. The Labute approximate surface area is 265 Å². The van der Waals surface area contributed by atoms with Gasteiger partial charge in [0, 0.05) is 37.3 Å². The molecule has 11 nitrogen and oxygen atoms in total. The molecule has 0 bridgehead atoms. The molecule has 0 spiro atoms. The molecule has 1 aromatic heterocycles. The Morgan fingerprint density at radius 3 is 2.38 bits per heavy atom. The minimum atomic E-state index is -1.20. The third-order valence-corrected chi connectivity index (χ3v) is 8.92. The van der Waals surface area contributed by atoms with E-state index in [1.807, 2.05) is 4.90 Å². The predicted molar refractivity (Wildman–Crippen MR) is 165 cm³/mol. The first-order valence-corrected chi connectivity index (χ1v) is 15.0. The zero-order chi connectivity index (χ0) is 32.6. The molecule has 0 saturated carbocycles. The van der Waals surface area contributed by atoms with Crippen molar-refractivity contribution in [1.82, 2.24) is 19.4 Å². The first-order valence-electron chi connectivity index (χ1n) is 14.6. The number of ether oxygens (including phenoxy) is 1. The van der Waals surface area contributed by atoms with Crippen molar-refractivity contribution >= 4 is 35.0 Å². The van der Waals surface area contributed by atoms with Gasteiger partial charge in [-0.2, -0.15) is 4.39 Å². The Bertz CT molecular complexity index is 1630. The number of nitrogens with zero attached hydrogens (tertiary/aromatic N) is 5. The summed E-state index contributed by atoms with van der Waals surface area (Å²) in [5.74, 6) is -3.55. The smallest absolute Gasteiger partial charge is 0.291 e. The highest BCUT2D eigenvalue weighted by molar-refractivity contribution is 6.34. The van der Waals surface area contributed by atoms with Gasteiger partial charge < -0.3 is 28.9 Å². The molecule has 0 aliphatic carbocycles. The summed E-state index contributed by atoms with van der Waals surface area (Å²) in [7, 11) is 7.89. The average molecular weight is 645 g/mol. The van der Waals surface area contributed by atoms with E-state index in [1.54, 1.807) is 11.0 Å². The second kappa shape index (κ2) is 12.7. The Morgan fingerprint density at radius 1 is 1.07 bits per heavy atom. The highest BCUT2D eigenvalue weighted by atomic mass is 35.5. The van der Waals surface area contributed by atoms with Crippen LogP contribution < -0.4 is 15.8 Å². The number of rotatable bonds is 8. The molecule has 0 unspecified atom stereocenters. The average Bonchev–Trinajstić information content (AvgIpc) is 3.35. The molecule has 2 aliphatic heterocycles. The molecule has 14 heteroatoms. The van der Waals surface area contributed by atoms with E-state index in [0.717, 1.165) is 17.6 Å². The van der Waals surface area contributed by atoms with Gasteiger partial charge in [-0.25, -0.2) is 9.37 Å². The number of carbonyl (C=O) groups is 3. The molecule has 3 amide bonds. The first-order chi connectivity index (χ1) is 21.3. The standard InChI is InChI=1S/C31H36ClF2N7O4/c1-38-24(22-7-8-25(45-17-35)27(34)26(22)33)14-36-28(38)29(42)37-19-5-6-21(23(32)13-19)31(44)39-11-9-18(10-12-39)30(43)40-15-20(16-40)41(2,3)4/h5-8,13-14,18,20H,9-12,15-17,35H2,1-4H3/p+1. The Morgan fingerprint density at radius 2 is 1.76 bits per heavy atom. The lowest BCUT2D eigenvalue weighted by Gasteiger charge is -2.48. The number of nitrogens with two attached hydrogens (primary N) is 1. The molecule has 3 N–H and O–H groups in total. The number of piperidine rings is 1. The molecule has 0 radical (unpaired) electrons. The zero-order valence-corrected chi connectivity index (χ0v) is 26.4. The third-order valence-electron chi connectivity index (χ3n) is 8.61. The van der Waals surface area contributed by atoms with Gasteiger partial charge in [-0.05, 0) is 43.2 Å². The van der Waals surface area contributed by atoms with Gasteiger partial charge >= 0.3 is 0 Å². The van der Waals surface area contributed by atoms with Crippen LogP contribution in [0.4, 0.5) is 14.5 Å². The van der Waals surface area contributed by atoms with Crippen molar-refractivity contribution in [2.45, 2.75) is 18.9 Å². The van der Waals surface area contributed by atoms with E-state index in [-0.39, 0.29) is 57.9 Å². The number of amides is 3. The van der Waals surface area contributed by atoms with E-state index in [9.17, 15) is 23.2 Å². The van der Waals surface area contributed by atoms with Gasteiger partial charge in [0.05, 0.1) is 56.7 Å². The van der Waals surface area contributed by atoms with Gasteiger partial charge in [-0.3, -0.25) is 20.1 Å². The summed E-state index contributed by atoms with van der Waals surface area (Å²) in [4.78, 5) is 47.0. The fourth-order valence-electron chi connectivity index (χ4n) is 5.64. The molecular weight excluding hydrogens is 608 g/mol. The van der Waals surface area contributed by atoms with Crippen molar-refractivity contribution in [3.8, 4) is 17.0 Å². The minimum Gasteiger partial charge on any atom is -0.475 e. The van der Waals surface area contributed by atoms with Crippen molar-refractivity contribution < 1.29 is 32.4 Å². The van der Waals surface area contributed by atoms with Gasteiger partial charge in [0.1, 0.15) is 12.8 Å². The molecule has 5 rings (SSSR count). The number of benzene rings is 2. The molecule has 3 aromatic rings. The molecule has 0 atom stereocenters. The number of anilines is 1. The van der Waals surface area contributed by atoms with Gasteiger partial charge in [0.15, 0.2) is 17.4 Å². The summed E-state index contributed by atoms with van der Waals surface area (Å²) in [5.41, 5.74) is 5.91. The van der Waals surface area contributed by atoms with Crippen molar-refractivity contribution in [3.63, 3.8) is 0 Å². The number of quaternary nitrogens is 1. The SMILES string of the molecule is Cn1c(-c2ccc(OCN)c(F)c2F)cnc1C(=O)Nc1ccc(C(=O)N2CCC(C(=O)N3CC([N+](C)(C)C)C3)CC2)c(Cl)c1. The predicted octanol–water partition coefficient (Wildman–Crippen LogP) is 3.34. The molecule has 2 aromatic carbocycles. The highest BCUT2D eigenvalue weighted by Crippen LogP contribution is 2.31. The highest BCUT2D eigenvalue weighted by Gasteiger charge is 2.42. The molecular formula is C31H37ClF2N7O4+. The summed E-state index contributed by atoms with van der Waals surface area (Å²) < 4.78 is 36.2. The number of imidazole rings is 1. The molecule has 3 heterocycles. The number of hydrogen-bond acceptors (Lipinski definition) is 6. The van der Waals surface area contributed by atoms with Crippen LogP contribution >= 0.6 is 11.6 Å². The maximum Gasteiger partial charge on any atom is 0.291 e.